The molecule has 0 aliphatic carbocycles. The molecule has 2 aromatic carbocycles. The second-order valence-electron chi connectivity index (χ2n) is 4.77. The molecule has 0 amide bonds. The van der Waals surface area contributed by atoms with Crippen LogP contribution in [0.15, 0.2) is 51.6 Å². The normalized spacial score (nSPS) is 11.6. The number of halogens is 3. The number of nitrogen functional groups attached to an aromatic ring is 1. The summed E-state index contributed by atoms with van der Waals surface area (Å²) < 4.78 is 39.0. The molecule has 0 spiro atoms. The van der Waals surface area contributed by atoms with Gasteiger partial charge in [0.15, 0.2) is 9.34 Å². The maximum atomic E-state index is 13.2. The predicted molar refractivity (Wildman–Crippen MR) is 93.8 cm³/mol. The molecule has 0 atom stereocenters. The van der Waals surface area contributed by atoms with E-state index in [1.807, 2.05) is 0 Å². The monoisotopic (exact) mass is 402 g/mol. The fraction of sp³-hybridized carbons (Fsp3) is 0. The largest absolute Gasteiger partial charge is 0.375 e. The molecule has 0 bridgehead atoms. The zero-order valence-electron chi connectivity index (χ0n) is 11.8. The van der Waals surface area contributed by atoms with E-state index in [1.165, 1.54) is 36.4 Å². The van der Waals surface area contributed by atoms with Crippen molar-refractivity contribution in [2.75, 3.05) is 5.73 Å². The smallest absolute Gasteiger partial charge is 0.218 e. The molecule has 4 nitrogen and oxygen atoms in total. The average Bonchev–Trinajstić information content (AvgIpc) is 2.90. The first kappa shape index (κ1) is 17.2. The van der Waals surface area contributed by atoms with Gasteiger partial charge in [-0.3, -0.25) is 0 Å². The van der Waals surface area contributed by atoms with Crippen LogP contribution in [0.3, 0.4) is 0 Å². The average molecular weight is 403 g/mol. The van der Waals surface area contributed by atoms with Crippen molar-refractivity contribution in [1.82, 2.24) is 4.98 Å². The molecular weight excluding hydrogens is 394 g/mol. The van der Waals surface area contributed by atoms with Gasteiger partial charge in [0, 0.05) is 10.6 Å². The second kappa shape index (κ2) is 6.33. The number of nitrogens with two attached hydrogens (primary N) is 1. The summed E-state index contributed by atoms with van der Waals surface area (Å²) in [4.78, 5) is 4.12. The van der Waals surface area contributed by atoms with Crippen LogP contribution in [0, 0.1) is 5.82 Å². The lowest BCUT2D eigenvalue weighted by Gasteiger charge is -2.06. The lowest BCUT2D eigenvalue weighted by molar-refractivity contribution is 0.598. The summed E-state index contributed by atoms with van der Waals surface area (Å²) in [6, 6.07) is 9.37. The highest BCUT2D eigenvalue weighted by molar-refractivity contribution is 7.93. The number of anilines is 1. The van der Waals surface area contributed by atoms with Crippen LogP contribution in [0.2, 0.25) is 10.0 Å². The summed E-state index contributed by atoms with van der Waals surface area (Å²) in [5, 5.41) is 0.533. The Morgan fingerprint density at radius 3 is 2.38 bits per heavy atom. The van der Waals surface area contributed by atoms with E-state index in [9.17, 15) is 12.8 Å². The molecule has 0 aliphatic rings. The molecule has 0 aliphatic heterocycles. The Morgan fingerprint density at radius 1 is 1.08 bits per heavy atom. The van der Waals surface area contributed by atoms with E-state index < -0.39 is 15.7 Å². The van der Waals surface area contributed by atoms with Gasteiger partial charge in [-0.1, -0.05) is 34.5 Å². The summed E-state index contributed by atoms with van der Waals surface area (Å²) >= 11 is 12.7. The maximum Gasteiger partial charge on any atom is 0.218 e. The van der Waals surface area contributed by atoms with E-state index >= 15 is 0 Å². The van der Waals surface area contributed by atoms with Crippen LogP contribution < -0.4 is 5.73 Å². The van der Waals surface area contributed by atoms with Crippen LogP contribution in [0.4, 0.5) is 9.52 Å². The van der Waals surface area contributed by atoms with Crippen molar-refractivity contribution in [2.45, 2.75) is 9.10 Å². The molecule has 1 aromatic heterocycles. The van der Waals surface area contributed by atoms with Crippen molar-refractivity contribution >= 4 is 49.5 Å². The van der Waals surface area contributed by atoms with E-state index in [0.29, 0.717) is 10.6 Å². The van der Waals surface area contributed by atoms with Gasteiger partial charge in [-0.25, -0.2) is 17.8 Å². The Morgan fingerprint density at radius 2 is 1.75 bits per heavy atom. The molecule has 24 heavy (non-hydrogen) atoms. The van der Waals surface area contributed by atoms with Crippen LogP contribution in [-0.4, -0.2) is 13.4 Å². The van der Waals surface area contributed by atoms with Crippen LogP contribution in [0.1, 0.15) is 0 Å². The number of thiazole rings is 1. The Kier molecular flexibility index (Phi) is 4.52. The molecule has 0 fully saturated rings. The number of hydrogen-bond donors (Lipinski definition) is 1. The van der Waals surface area contributed by atoms with Crippen molar-refractivity contribution < 1.29 is 12.8 Å². The molecule has 1 heterocycles. The molecule has 0 saturated carbocycles. The molecule has 9 heteroatoms. The summed E-state index contributed by atoms with van der Waals surface area (Å²) in [5.74, 6) is -0.533. The van der Waals surface area contributed by atoms with Gasteiger partial charge in [-0.05, 0) is 42.5 Å². The minimum atomic E-state index is -3.88. The van der Waals surface area contributed by atoms with Crippen LogP contribution in [-0.2, 0) is 9.84 Å². The Hall–Kier alpha value is -1.67. The van der Waals surface area contributed by atoms with Gasteiger partial charge in [0.25, 0.3) is 0 Å². The first-order chi connectivity index (χ1) is 11.3. The minimum Gasteiger partial charge on any atom is -0.375 e. The summed E-state index contributed by atoms with van der Waals surface area (Å²) in [7, 11) is -3.88. The third-order valence-electron chi connectivity index (χ3n) is 3.17. The molecule has 0 unspecified atom stereocenters. The van der Waals surface area contributed by atoms with Crippen LogP contribution >= 0.6 is 34.5 Å². The highest BCUT2D eigenvalue weighted by Crippen LogP contribution is 2.39. The van der Waals surface area contributed by atoms with Gasteiger partial charge in [0.05, 0.1) is 9.92 Å². The fourth-order valence-corrected chi connectivity index (χ4v) is 5.14. The second-order valence-corrected chi connectivity index (χ2v) is 8.79. The van der Waals surface area contributed by atoms with E-state index in [-0.39, 0.29) is 25.0 Å². The van der Waals surface area contributed by atoms with Gasteiger partial charge in [0.1, 0.15) is 11.5 Å². The van der Waals surface area contributed by atoms with Gasteiger partial charge in [-0.2, -0.15) is 0 Å². The summed E-state index contributed by atoms with van der Waals surface area (Å²) in [6.45, 7) is 0. The van der Waals surface area contributed by atoms with Crippen molar-refractivity contribution in [3.05, 3.63) is 58.3 Å². The van der Waals surface area contributed by atoms with E-state index in [1.54, 1.807) is 0 Å². The lowest BCUT2D eigenvalue weighted by Crippen LogP contribution is -2.01. The summed E-state index contributed by atoms with van der Waals surface area (Å²) in [6.07, 6.45) is 0. The van der Waals surface area contributed by atoms with E-state index in [4.69, 9.17) is 28.9 Å². The van der Waals surface area contributed by atoms with E-state index in [2.05, 4.69) is 4.98 Å². The minimum absolute atomic E-state index is 0.0489. The molecular formula is C15H9Cl2FN2O2S2. The van der Waals surface area contributed by atoms with Gasteiger partial charge < -0.3 is 5.73 Å². The zero-order chi connectivity index (χ0) is 17.5. The number of sulfone groups is 1. The SMILES string of the molecule is Nc1nc(-c2ccc(F)cc2Cl)c(S(=O)(=O)c2ccc(Cl)cc2)s1. The van der Waals surface area contributed by atoms with Gasteiger partial charge >= 0.3 is 0 Å². The number of hydrogen-bond acceptors (Lipinski definition) is 5. The van der Waals surface area contributed by atoms with Crippen LogP contribution in [0.25, 0.3) is 11.3 Å². The highest BCUT2D eigenvalue weighted by atomic mass is 35.5. The topological polar surface area (TPSA) is 73.0 Å². The fourth-order valence-electron chi connectivity index (χ4n) is 2.08. The maximum absolute atomic E-state index is 13.2. The first-order valence-corrected chi connectivity index (χ1v) is 9.57. The van der Waals surface area contributed by atoms with Crippen molar-refractivity contribution in [3.63, 3.8) is 0 Å². The zero-order valence-corrected chi connectivity index (χ0v) is 15.0. The molecule has 2 N–H and O–H groups in total. The third kappa shape index (κ3) is 3.12. The Balaban J connectivity index is 2.21. The van der Waals surface area contributed by atoms with Gasteiger partial charge in [0.2, 0.25) is 9.84 Å². The first-order valence-electron chi connectivity index (χ1n) is 6.51. The molecule has 0 radical (unpaired) electrons. The van der Waals surface area contributed by atoms with Crippen LogP contribution in [0.5, 0.6) is 0 Å². The Labute approximate surface area is 151 Å². The molecule has 124 valence electrons. The predicted octanol–water partition coefficient (Wildman–Crippen LogP) is 4.67. The number of benzene rings is 2. The number of nitrogens with zero attached hydrogens (tertiary/aromatic N) is 1. The summed E-state index contributed by atoms with van der Waals surface area (Å²) in [5.41, 5.74) is 6.09. The standard InChI is InChI=1S/C15H9Cl2FN2O2S2/c16-8-1-4-10(5-2-8)24(21,22)14-13(20-15(19)23-14)11-6-3-9(18)7-12(11)17/h1-7H,(H2,19,20). The van der Waals surface area contributed by atoms with Crippen molar-refractivity contribution in [1.29, 1.82) is 0 Å². The van der Waals surface area contributed by atoms with Crippen molar-refractivity contribution in [2.24, 2.45) is 0 Å². The lowest BCUT2D eigenvalue weighted by atomic mass is 10.2. The Bertz CT molecular complexity index is 1020. The quantitative estimate of drug-likeness (QED) is 0.690. The molecule has 3 rings (SSSR count). The molecule has 0 saturated heterocycles. The molecule has 3 aromatic rings. The third-order valence-corrected chi connectivity index (χ3v) is 6.89. The van der Waals surface area contributed by atoms with Crippen molar-refractivity contribution in [3.8, 4) is 11.3 Å². The van der Waals surface area contributed by atoms with E-state index in [0.717, 1.165) is 17.4 Å². The number of aromatic nitrogens is 1. The number of rotatable bonds is 3. The van der Waals surface area contributed by atoms with Gasteiger partial charge in [-0.15, -0.1) is 0 Å². The highest BCUT2D eigenvalue weighted by Gasteiger charge is 2.27.